The number of aromatic amines is 1. The van der Waals surface area contributed by atoms with Crippen LogP contribution in [0, 0.1) is 0 Å². The van der Waals surface area contributed by atoms with E-state index in [1.807, 2.05) is 0 Å². The normalized spacial score (nSPS) is 18.9. The summed E-state index contributed by atoms with van der Waals surface area (Å²) in [5.74, 6) is 0.346. The van der Waals surface area contributed by atoms with E-state index in [9.17, 15) is 9.59 Å². The van der Waals surface area contributed by atoms with Gasteiger partial charge in [-0.05, 0) is 0 Å². The fraction of sp³-hybridized carbons (Fsp3) is 0.364. The van der Waals surface area contributed by atoms with Crippen LogP contribution in [0.4, 0.5) is 11.8 Å². The number of hydrogen-bond donors (Lipinski definition) is 3. The zero-order chi connectivity index (χ0) is 14.3. The maximum Gasteiger partial charge on any atom is 0.251 e. The Labute approximate surface area is 113 Å². The molecular formula is C11H13N7O2. The number of H-pyrrole nitrogens is 1. The second-order valence-electron chi connectivity index (χ2n) is 4.44. The number of rotatable bonds is 3. The van der Waals surface area contributed by atoms with Gasteiger partial charge in [-0.1, -0.05) is 0 Å². The van der Waals surface area contributed by atoms with Crippen LogP contribution in [0.3, 0.4) is 0 Å². The standard InChI is InChI=1S/C11H13N7O2/c1-12-11-16-8-7(13-4-14-8)9(17-11)15-5-3-6(19)18(2)10(5)20/h4-5H,3H2,1-2H3,(H3,12,13,14,15,16,17). The first-order chi connectivity index (χ1) is 9.60. The second kappa shape index (κ2) is 4.44. The molecule has 0 aromatic carbocycles. The molecule has 3 rings (SSSR count). The summed E-state index contributed by atoms with van der Waals surface area (Å²) in [6.45, 7) is 0. The van der Waals surface area contributed by atoms with E-state index in [1.54, 1.807) is 7.05 Å². The highest BCUT2D eigenvalue weighted by Crippen LogP contribution is 2.22. The first-order valence-corrected chi connectivity index (χ1v) is 6.06. The van der Waals surface area contributed by atoms with Crippen molar-refractivity contribution in [2.24, 2.45) is 0 Å². The zero-order valence-corrected chi connectivity index (χ0v) is 11.0. The lowest BCUT2D eigenvalue weighted by molar-refractivity contribution is -0.136. The molecule has 1 atom stereocenters. The molecule has 0 bridgehead atoms. The molecule has 2 aromatic heterocycles. The van der Waals surface area contributed by atoms with E-state index >= 15 is 0 Å². The molecule has 3 heterocycles. The van der Waals surface area contributed by atoms with Crippen LogP contribution in [0.5, 0.6) is 0 Å². The molecule has 104 valence electrons. The molecule has 9 heteroatoms. The van der Waals surface area contributed by atoms with Crippen molar-refractivity contribution in [3.63, 3.8) is 0 Å². The summed E-state index contributed by atoms with van der Waals surface area (Å²) in [6.07, 6.45) is 1.61. The molecule has 1 fully saturated rings. The first kappa shape index (κ1) is 12.3. The molecule has 1 aliphatic rings. The van der Waals surface area contributed by atoms with E-state index < -0.39 is 6.04 Å². The monoisotopic (exact) mass is 275 g/mol. The quantitative estimate of drug-likeness (QED) is 0.650. The van der Waals surface area contributed by atoms with Crippen LogP contribution in [-0.2, 0) is 9.59 Å². The number of carbonyl (C=O) groups is 2. The van der Waals surface area contributed by atoms with Crippen LogP contribution in [0.25, 0.3) is 11.2 Å². The minimum absolute atomic E-state index is 0.115. The lowest BCUT2D eigenvalue weighted by atomic mass is 10.2. The van der Waals surface area contributed by atoms with Gasteiger partial charge in [0.1, 0.15) is 11.6 Å². The highest BCUT2D eigenvalue weighted by atomic mass is 16.2. The molecule has 9 nitrogen and oxygen atoms in total. The van der Waals surface area contributed by atoms with Gasteiger partial charge < -0.3 is 15.6 Å². The van der Waals surface area contributed by atoms with Crippen molar-refractivity contribution in [3.05, 3.63) is 6.33 Å². The van der Waals surface area contributed by atoms with Gasteiger partial charge in [0.05, 0.1) is 12.7 Å². The minimum Gasteiger partial charge on any atom is -0.357 e. The highest BCUT2D eigenvalue weighted by Gasteiger charge is 2.36. The fourth-order valence-electron chi connectivity index (χ4n) is 2.08. The molecule has 2 amide bonds. The predicted molar refractivity (Wildman–Crippen MR) is 71.0 cm³/mol. The number of nitrogens with one attached hydrogen (secondary N) is 3. The van der Waals surface area contributed by atoms with Crippen molar-refractivity contribution in [3.8, 4) is 0 Å². The van der Waals surface area contributed by atoms with Crippen LogP contribution in [0.15, 0.2) is 6.33 Å². The third-order valence-corrected chi connectivity index (χ3v) is 3.20. The third-order valence-electron chi connectivity index (χ3n) is 3.20. The number of likely N-dealkylation sites (N-methyl/N-ethyl adjacent to an activating group) is 1. The van der Waals surface area contributed by atoms with Crippen molar-refractivity contribution in [2.45, 2.75) is 12.5 Å². The maximum atomic E-state index is 11.9. The molecule has 3 N–H and O–H groups in total. The van der Waals surface area contributed by atoms with Crippen LogP contribution in [-0.4, -0.2) is 56.8 Å². The Balaban J connectivity index is 1.96. The number of imide groups is 1. The smallest absolute Gasteiger partial charge is 0.251 e. The molecule has 0 spiro atoms. The number of anilines is 2. The molecule has 0 saturated carbocycles. The third kappa shape index (κ3) is 1.83. The van der Waals surface area contributed by atoms with Gasteiger partial charge in [-0.15, -0.1) is 0 Å². The van der Waals surface area contributed by atoms with Gasteiger partial charge in [-0.2, -0.15) is 9.97 Å². The van der Waals surface area contributed by atoms with E-state index in [4.69, 9.17) is 0 Å². The zero-order valence-electron chi connectivity index (χ0n) is 11.0. The number of imidazole rings is 1. The van der Waals surface area contributed by atoms with E-state index in [0.29, 0.717) is 22.9 Å². The van der Waals surface area contributed by atoms with E-state index in [2.05, 4.69) is 30.6 Å². The van der Waals surface area contributed by atoms with Crippen molar-refractivity contribution in [2.75, 3.05) is 24.7 Å². The SMILES string of the molecule is CNc1nc(NC2CC(=O)N(C)C2=O)c2[nH]cnc2n1. The Kier molecular flexibility index (Phi) is 2.74. The summed E-state index contributed by atoms with van der Waals surface area (Å²) < 4.78 is 0. The number of fused-ring (bicyclic) bond motifs is 1. The number of amides is 2. The van der Waals surface area contributed by atoms with Crippen LogP contribution in [0.2, 0.25) is 0 Å². The summed E-state index contributed by atoms with van der Waals surface area (Å²) in [5.41, 5.74) is 1.08. The summed E-state index contributed by atoms with van der Waals surface area (Å²) in [6, 6.07) is -0.612. The number of likely N-dealkylation sites (tertiary alicyclic amines) is 1. The highest BCUT2D eigenvalue weighted by molar-refractivity contribution is 6.07. The molecule has 1 unspecified atom stereocenters. The number of hydrogen-bond acceptors (Lipinski definition) is 7. The fourth-order valence-corrected chi connectivity index (χ4v) is 2.08. The van der Waals surface area contributed by atoms with Crippen molar-refractivity contribution in [1.82, 2.24) is 24.8 Å². The van der Waals surface area contributed by atoms with Crippen molar-refractivity contribution in [1.29, 1.82) is 0 Å². The lowest BCUT2D eigenvalue weighted by Crippen LogP contribution is -2.32. The van der Waals surface area contributed by atoms with Gasteiger partial charge >= 0.3 is 0 Å². The molecule has 1 saturated heterocycles. The van der Waals surface area contributed by atoms with Crippen molar-refractivity contribution < 1.29 is 9.59 Å². The van der Waals surface area contributed by atoms with Gasteiger partial charge in [0.15, 0.2) is 11.5 Å². The molecular weight excluding hydrogens is 262 g/mol. The topological polar surface area (TPSA) is 116 Å². The van der Waals surface area contributed by atoms with E-state index in [0.717, 1.165) is 4.90 Å². The Morgan fingerprint density at radius 1 is 1.40 bits per heavy atom. The Morgan fingerprint density at radius 3 is 2.85 bits per heavy atom. The van der Waals surface area contributed by atoms with Crippen LogP contribution >= 0.6 is 0 Å². The number of nitrogens with zero attached hydrogens (tertiary/aromatic N) is 4. The molecule has 1 aliphatic heterocycles. The van der Waals surface area contributed by atoms with Gasteiger partial charge in [0.2, 0.25) is 11.9 Å². The van der Waals surface area contributed by atoms with E-state index in [1.165, 1.54) is 13.4 Å². The second-order valence-corrected chi connectivity index (χ2v) is 4.44. The Hall–Kier alpha value is -2.71. The number of aromatic nitrogens is 4. The lowest BCUT2D eigenvalue weighted by Gasteiger charge is -2.12. The summed E-state index contributed by atoms with van der Waals surface area (Å²) >= 11 is 0. The van der Waals surface area contributed by atoms with Crippen molar-refractivity contribution >= 4 is 34.7 Å². The molecule has 2 aromatic rings. The molecule has 20 heavy (non-hydrogen) atoms. The summed E-state index contributed by atoms with van der Waals surface area (Å²) in [4.78, 5) is 39.9. The van der Waals surface area contributed by atoms with Gasteiger partial charge in [-0.3, -0.25) is 14.5 Å². The summed E-state index contributed by atoms with van der Waals surface area (Å²) in [7, 11) is 3.16. The van der Waals surface area contributed by atoms with Gasteiger partial charge in [-0.25, -0.2) is 4.98 Å². The maximum absolute atomic E-state index is 11.9. The van der Waals surface area contributed by atoms with Gasteiger partial charge in [0.25, 0.3) is 5.91 Å². The first-order valence-electron chi connectivity index (χ1n) is 6.06. The van der Waals surface area contributed by atoms with Crippen LogP contribution in [0.1, 0.15) is 6.42 Å². The van der Waals surface area contributed by atoms with Crippen LogP contribution < -0.4 is 10.6 Å². The number of carbonyl (C=O) groups excluding carboxylic acids is 2. The summed E-state index contributed by atoms with van der Waals surface area (Å²) in [5, 5.41) is 5.81. The molecule has 0 aliphatic carbocycles. The largest absolute Gasteiger partial charge is 0.357 e. The Morgan fingerprint density at radius 2 is 2.20 bits per heavy atom. The predicted octanol–water partition coefficient (Wildman–Crippen LogP) is -0.436. The average molecular weight is 275 g/mol. The minimum atomic E-state index is -0.612. The Bertz CT molecular complexity index is 695. The van der Waals surface area contributed by atoms with E-state index in [-0.39, 0.29) is 18.2 Å². The average Bonchev–Trinajstić information content (AvgIpc) is 3.00. The van der Waals surface area contributed by atoms with Gasteiger partial charge in [0, 0.05) is 14.1 Å². The molecule has 0 radical (unpaired) electrons.